The molecule has 0 fully saturated rings. The first-order valence-corrected chi connectivity index (χ1v) is 10.9. The molecule has 166 valence electrons. The van der Waals surface area contributed by atoms with Crippen LogP contribution in [0.25, 0.3) is 6.08 Å². The summed E-state index contributed by atoms with van der Waals surface area (Å²) in [4.78, 5) is 12.6. The van der Waals surface area contributed by atoms with Crippen molar-refractivity contribution in [1.82, 2.24) is 0 Å². The monoisotopic (exact) mass is 458 g/mol. The van der Waals surface area contributed by atoms with Gasteiger partial charge in [-0.15, -0.1) is 0 Å². The molecule has 3 aromatic carbocycles. The van der Waals surface area contributed by atoms with Crippen LogP contribution in [0.1, 0.15) is 5.56 Å². The summed E-state index contributed by atoms with van der Waals surface area (Å²) < 4.78 is 59.0. The zero-order chi connectivity index (χ0) is 23.1. The fraction of sp³-hybridized carbons (Fsp3) is 0.0870. The van der Waals surface area contributed by atoms with Crippen molar-refractivity contribution in [2.75, 3.05) is 23.3 Å². The molecule has 1 N–H and O–H groups in total. The Morgan fingerprint density at radius 1 is 1.00 bits per heavy atom. The smallest absolute Gasteiger partial charge is 0.258 e. The van der Waals surface area contributed by atoms with Gasteiger partial charge in [0.25, 0.3) is 10.0 Å². The van der Waals surface area contributed by atoms with E-state index in [9.17, 15) is 22.0 Å². The lowest BCUT2D eigenvalue weighted by Gasteiger charge is -2.24. The normalized spacial score (nSPS) is 11.3. The Labute approximate surface area is 184 Å². The summed E-state index contributed by atoms with van der Waals surface area (Å²) in [5, 5.41) is 3.36. The van der Waals surface area contributed by atoms with Crippen LogP contribution in [0, 0.1) is 11.6 Å². The maximum Gasteiger partial charge on any atom is 0.258 e. The number of amides is 1. The lowest BCUT2D eigenvalue weighted by atomic mass is 10.2. The van der Waals surface area contributed by atoms with E-state index in [1.54, 1.807) is 48.5 Å². The summed E-state index contributed by atoms with van der Waals surface area (Å²) in [7, 11) is -2.75. The number of hydrogen-bond donors (Lipinski definition) is 1. The van der Waals surface area contributed by atoms with E-state index in [-0.39, 0.29) is 17.1 Å². The average molecular weight is 458 g/mol. The number of carbonyl (C=O) groups excluding carboxylic acids is 1. The van der Waals surface area contributed by atoms with E-state index in [0.717, 1.165) is 21.8 Å². The van der Waals surface area contributed by atoms with Gasteiger partial charge < -0.3 is 10.1 Å². The van der Waals surface area contributed by atoms with Crippen molar-refractivity contribution in [2.24, 2.45) is 0 Å². The molecule has 3 rings (SSSR count). The van der Waals surface area contributed by atoms with Crippen LogP contribution < -0.4 is 14.4 Å². The Bertz CT molecular complexity index is 1230. The molecule has 0 saturated carbocycles. The fourth-order valence-electron chi connectivity index (χ4n) is 2.86. The summed E-state index contributed by atoms with van der Waals surface area (Å²) in [6.45, 7) is -0.624. The van der Waals surface area contributed by atoms with E-state index < -0.39 is 34.1 Å². The third-order valence-electron chi connectivity index (χ3n) is 4.38. The van der Waals surface area contributed by atoms with Crippen molar-refractivity contribution in [3.8, 4) is 5.75 Å². The van der Waals surface area contributed by atoms with Gasteiger partial charge in [0.1, 0.15) is 12.3 Å². The zero-order valence-corrected chi connectivity index (χ0v) is 17.9. The van der Waals surface area contributed by atoms with Gasteiger partial charge in [-0.1, -0.05) is 42.5 Å². The second-order valence-corrected chi connectivity index (χ2v) is 8.36. The number of hydrogen-bond acceptors (Lipinski definition) is 4. The highest BCUT2D eigenvalue weighted by molar-refractivity contribution is 7.95. The molecule has 0 heterocycles. The maximum atomic E-state index is 13.4. The van der Waals surface area contributed by atoms with E-state index in [1.165, 1.54) is 25.3 Å². The van der Waals surface area contributed by atoms with Crippen LogP contribution >= 0.6 is 0 Å². The van der Waals surface area contributed by atoms with Crippen LogP contribution in [-0.4, -0.2) is 28.0 Å². The van der Waals surface area contributed by atoms with Gasteiger partial charge in [-0.25, -0.2) is 17.2 Å². The Morgan fingerprint density at radius 2 is 1.69 bits per heavy atom. The molecule has 1 amide bonds. The lowest BCUT2D eigenvalue weighted by Crippen LogP contribution is -2.37. The second-order valence-electron chi connectivity index (χ2n) is 6.61. The van der Waals surface area contributed by atoms with Gasteiger partial charge in [0, 0.05) is 11.8 Å². The SMILES string of the molecule is COc1ccccc1N(CC(=O)Nc1ccc(F)c(F)c1)S(=O)(=O)/C=C/c1ccccc1. The lowest BCUT2D eigenvalue weighted by molar-refractivity contribution is -0.114. The fourth-order valence-corrected chi connectivity index (χ4v) is 4.05. The molecule has 0 unspecified atom stereocenters. The van der Waals surface area contributed by atoms with Crippen molar-refractivity contribution in [3.05, 3.63) is 95.4 Å². The number of nitrogens with zero attached hydrogens (tertiary/aromatic N) is 1. The third kappa shape index (κ3) is 5.70. The van der Waals surface area contributed by atoms with Crippen molar-refractivity contribution in [2.45, 2.75) is 0 Å². The predicted molar refractivity (Wildman–Crippen MR) is 120 cm³/mol. The van der Waals surface area contributed by atoms with Crippen LogP contribution in [0.15, 0.2) is 78.2 Å². The van der Waals surface area contributed by atoms with Crippen LogP contribution in [0.5, 0.6) is 5.75 Å². The number of carbonyl (C=O) groups is 1. The molecule has 32 heavy (non-hydrogen) atoms. The zero-order valence-electron chi connectivity index (χ0n) is 17.0. The molecule has 0 bridgehead atoms. The number of para-hydroxylation sites is 2. The van der Waals surface area contributed by atoms with E-state index in [1.807, 2.05) is 0 Å². The summed E-state index contributed by atoms with van der Waals surface area (Å²) in [5.41, 5.74) is 0.793. The highest BCUT2D eigenvalue weighted by atomic mass is 32.2. The Kier molecular flexibility index (Phi) is 7.21. The van der Waals surface area contributed by atoms with E-state index in [0.29, 0.717) is 5.56 Å². The number of sulfonamides is 1. The molecule has 0 atom stereocenters. The first-order chi connectivity index (χ1) is 15.3. The number of anilines is 2. The quantitative estimate of drug-likeness (QED) is 0.542. The van der Waals surface area contributed by atoms with Gasteiger partial charge in [0.15, 0.2) is 11.6 Å². The van der Waals surface area contributed by atoms with Gasteiger partial charge in [-0.3, -0.25) is 9.10 Å². The Hall–Kier alpha value is -3.72. The highest BCUT2D eigenvalue weighted by Crippen LogP contribution is 2.30. The highest BCUT2D eigenvalue weighted by Gasteiger charge is 2.26. The molecule has 9 heteroatoms. The number of rotatable bonds is 8. The Morgan fingerprint density at radius 3 is 2.38 bits per heavy atom. The van der Waals surface area contributed by atoms with Crippen LogP contribution in [0.2, 0.25) is 0 Å². The molecular formula is C23H20F2N2O4S. The van der Waals surface area contributed by atoms with Crippen LogP contribution in [0.3, 0.4) is 0 Å². The van der Waals surface area contributed by atoms with Gasteiger partial charge in [-0.05, 0) is 35.9 Å². The van der Waals surface area contributed by atoms with Gasteiger partial charge in [0.2, 0.25) is 5.91 Å². The molecule has 0 aliphatic carbocycles. The van der Waals surface area contributed by atoms with Gasteiger partial charge in [0.05, 0.1) is 18.2 Å². The summed E-state index contributed by atoms with van der Waals surface area (Å²) >= 11 is 0. The molecule has 3 aromatic rings. The first-order valence-electron chi connectivity index (χ1n) is 9.44. The van der Waals surface area contributed by atoms with Crippen molar-refractivity contribution >= 4 is 33.4 Å². The molecule has 0 aliphatic heterocycles. The number of nitrogens with one attached hydrogen (secondary N) is 1. The number of ether oxygens (including phenoxy) is 1. The Balaban J connectivity index is 1.92. The van der Waals surface area contributed by atoms with Crippen LogP contribution in [-0.2, 0) is 14.8 Å². The maximum absolute atomic E-state index is 13.4. The molecule has 0 saturated heterocycles. The number of methoxy groups -OCH3 is 1. The van der Waals surface area contributed by atoms with Gasteiger partial charge in [-0.2, -0.15) is 0 Å². The van der Waals surface area contributed by atoms with Crippen molar-refractivity contribution in [3.63, 3.8) is 0 Å². The number of benzene rings is 3. The largest absolute Gasteiger partial charge is 0.495 e. The summed E-state index contributed by atoms with van der Waals surface area (Å²) in [6, 6.07) is 18.0. The van der Waals surface area contributed by atoms with Crippen LogP contribution in [0.4, 0.5) is 20.2 Å². The molecule has 0 aromatic heterocycles. The molecule has 0 radical (unpaired) electrons. The van der Waals surface area contributed by atoms with E-state index in [4.69, 9.17) is 4.74 Å². The summed E-state index contributed by atoms with van der Waals surface area (Å²) in [5.74, 6) is -2.71. The van der Waals surface area contributed by atoms with E-state index >= 15 is 0 Å². The molecule has 0 aliphatic rings. The molecule has 6 nitrogen and oxygen atoms in total. The van der Waals surface area contributed by atoms with Crippen molar-refractivity contribution < 1.29 is 26.7 Å². The number of halogens is 2. The molecular weight excluding hydrogens is 438 g/mol. The summed E-state index contributed by atoms with van der Waals surface area (Å²) in [6.07, 6.45) is 1.41. The second kappa shape index (κ2) is 10.1. The third-order valence-corrected chi connectivity index (χ3v) is 5.80. The minimum atomic E-state index is -4.13. The first kappa shape index (κ1) is 23.0. The predicted octanol–water partition coefficient (Wildman–Crippen LogP) is 4.42. The van der Waals surface area contributed by atoms with Crippen molar-refractivity contribution in [1.29, 1.82) is 0 Å². The molecule has 0 spiro atoms. The minimum absolute atomic E-state index is 0.00824. The van der Waals surface area contributed by atoms with Gasteiger partial charge >= 0.3 is 0 Å². The minimum Gasteiger partial charge on any atom is -0.495 e. The van der Waals surface area contributed by atoms with E-state index in [2.05, 4.69) is 5.32 Å². The standard InChI is InChI=1S/C23H20F2N2O4S/c1-31-22-10-6-5-9-21(22)27(32(29,30)14-13-17-7-3-2-4-8-17)16-23(28)26-18-11-12-19(24)20(25)15-18/h2-15H,16H2,1H3,(H,26,28)/b14-13+. The average Bonchev–Trinajstić information content (AvgIpc) is 2.79. The topological polar surface area (TPSA) is 75.7 Å².